The highest BCUT2D eigenvalue weighted by atomic mass is 16.4. The maximum absolute atomic E-state index is 12.4. The number of hydrogen-bond acceptors (Lipinski definition) is 4. The van der Waals surface area contributed by atoms with Crippen molar-refractivity contribution in [2.45, 2.75) is 20.3 Å². The monoisotopic (exact) mass is 324 g/mol. The Bertz CT molecular complexity index is 863. The molecule has 0 unspecified atom stereocenters. The molecule has 3 heterocycles. The number of furan rings is 1. The highest BCUT2D eigenvalue weighted by molar-refractivity contribution is 5.93. The van der Waals surface area contributed by atoms with E-state index in [1.165, 1.54) is 6.33 Å². The maximum atomic E-state index is 12.4. The molecule has 1 amide bonds. The second kappa shape index (κ2) is 6.70. The molecular weight excluding hydrogens is 304 g/mol. The van der Waals surface area contributed by atoms with Gasteiger partial charge in [-0.3, -0.25) is 9.69 Å². The fourth-order valence-corrected chi connectivity index (χ4v) is 2.57. The normalized spacial score (nSPS) is 11.1. The highest BCUT2D eigenvalue weighted by Crippen LogP contribution is 2.30. The van der Waals surface area contributed by atoms with Gasteiger partial charge in [0.1, 0.15) is 17.7 Å². The first-order chi connectivity index (χ1) is 11.6. The van der Waals surface area contributed by atoms with Gasteiger partial charge in [0.15, 0.2) is 5.76 Å². The third kappa shape index (κ3) is 3.08. The van der Waals surface area contributed by atoms with Gasteiger partial charge in [0.2, 0.25) is 11.8 Å². The van der Waals surface area contributed by atoms with Crippen LogP contribution in [0.5, 0.6) is 0 Å². The molecule has 3 aromatic heterocycles. The van der Waals surface area contributed by atoms with E-state index in [9.17, 15) is 4.79 Å². The van der Waals surface area contributed by atoms with Gasteiger partial charge in [0.25, 0.3) is 0 Å². The summed E-state index contributed by atoms with van der Waals surface area (Å²) in [5, 5.41) is 0.877. The third-order valence-corrected chi connectivity index (χ3v) is 3.64. The molecule has 0 saturated carbocycles. The number of fused-ring (bicyclic) bond motifs is 1. The van der Waals surface area contributed by atoms with E-state index in [-0.39, 0.29) is 11.8 Å². The zero-order valence-corrected chi connectivity index (χ0v) is 13.8. The lowest BCUT2D eigenvalue weighted by atomic mass is 10.1. The molecule has 6 heteroatoms. The molecule has 0 atom stereocenters. The zero-order valence-electron chi connectivity index (χ0n) is 13.8. The van der Waals surface area contributed by atoms with E-state index in [0.717, 1.165) is 11.0 Å². The van der Waals surface area contributed by atoms with Crippen molar-refractivity contribution in [3.05, 3.63) is 43.4 Å². The quantitative estimate of drug-likeness (QED) is 0.700. The Kier molecular flexibility index (Phi) is 4.46. The molecule has 0 radical (unpaired) electrons. The van der Waals surface area contributed by atoms with Crippen molar-refractivity contribution >= 4 is 22.8 Å². The molecule has 0 fully saturated rings. The van der Waals surface area contributed by atoms with Gasteiger partial charge >= 0.3 is 0 Å². The number of anilines is 1. The van der Waals surface area contributed by atoms with Crippen LogP contribution >= 0.6 is 0 Å². The van der Waals surface area contributed by atoms with Crippen molar-refractivity contribution in [3.8, 4) is 11.5 Å². The lowest BCUT2D eigenvalue weighted by molar-refractivity contribution is -0.119. The van der Waals surface area contributed by atoms with Crippen molar-refractivity contribution in [3.63, 3.8) is 0 Å². The fourth-order valence-electron chi connectivity index (χ4n) is 2.57. The molecule has 124 valence electrons. The Morgan fingerprint density at radius 2 is 2.21 bits per heavy atom. The zero-order chi connectivity index (χ0) is 17.1. The number of nitrogens with one attached hydrogen (secondary N) is 1. The molecular formula is C18H20N4O2. The van der Waals surface area contributed by atoms with Crippen LogP contribution in [0.1, 0.15) is 20.3 Å². The second-order valence-electron chi connectivity index (χ2n) is 5.99. The SMILES string of the molecule is C=CCN(C(=O)CC(C)C)c1ccc(-c2ncnc3[nH]ccc23)o1. The van der Waals surface area contributed by atoms with Crippen LogP contribution < -0.4 is 4.90 Å². The molecule has 0 spiro atoms. The van der Waals surface area contributed by atoms with Gasteiger partial charge in [-0.1, -0.05) is 19.9 Å². The van der Waals surface area contributed by atoms with Crippen LogP contribution in [0.25, 0.3) is 22.5 Å². The summed E-state index contributed by atoms with van der Waals surface area (Å²) < 4.78 is 5.92. The first kappa shape index (κ1) is 16.0. The summed E-state index contributed by atoms with van der Waals surface area (Å²) in [6.45, 7) is 8.16. The Morgan fingerprint density at radius 1 is 1.38 bits per heavy atom. The number of nitrogens with zero attached hydrogens (tertiary/aromatic N) is 3. The minimum atomic E-state index is 0.0141. The molecule has 0 bridgehead atoms. The number of hydrogen-bond donors (Lipinski definition) is 1. The van der Waals surface area contributed by atoms with E-state index in [0.29, 0.717) is 30.3 Å². The minimum Gasteiger partial charge on any atom is -0.438 e. The van der Waals surface area contributed by atoms with E-state index in [4.69, 9.17) is 4.42 Å². The number of rotatable bonds is 6. The topological polar surface area (TPSA) is 75.0 Å². The van der Waals surface area contributed by atoms with Gasteiger partial charge in [-0.25, -0.2) is 9.97 Å². The molecule has 0 aliphatic heterocycles. The number of amides is 1. The van der Waals surface area contributed by atoms with Gasteiger partial charge in [0, 0.05) is 30.6 Å². The fraction of sp³-hybridized carbons (Fsp3) is 0.278. The number of aromatic amines is 1. The van der Waals surface area contributed by atoms with Crippen molar-refractivity contribution in [2.75, 3.05) is 11.4 Å². The summed E-state index contributed by atoms with van der Waals surface area (Å²) in [5.41, 5.74) is 1.44. The number of carbonyl (C=O) groups is 1. The predicted octanol–water partition coefficient (Wildman–Crippen LogP) is 3.78. The second-order valence-corrected chi connectivity index (χ2v) is 5.99. The highest BCUT2D eigenvalue weighted by Gasteiger charge is 2.20. The van der Waals surface area contributed by atoms with E-state index < -0.39 is 0 Å². The number of H-pyrrole nitrogens is 1. The summed E-state index contributed by atoms with van der Waals surface area (Å²) in [4.78, 5) is 25.6. The van der Waals surface area contributed by atoms with E-state index in [2.05, 4.69) is 21.5 Å². The Balaban J connectivity index is 1.95. The summed E-state index contributed by atoms with van der Waals surface area (Å²) in [6, 6.07) is 5.51. The predicted molar refractivity (Wildman–Crippen MR) is 93.6 cm³/mol. The lowest BCUT2D eigenvalue weighted by Gasteiger charge is -2.19. The van der Waals surface area contributed by atoms with Crippen LogP contribution in [0.3, 0.4) is 0 Å². The van der Waals surface area contributed by atoms with Crippen molar-refractivity contribution in [1.82, 2.24) is 15.0 Å². The van der Waals surface area contributed by atoms with Crippen LogP contribution in [0.4, 0.5) is 5.88 Å². The molecule has 0 aliphatic rings. The summed E-state index contributed by atoms with van der Waals surface area (Å²) >= 11 is 0. The summed E-state index contributed by atoms with van der Waals surface area (Å²) in [6.07, 6.45) is 5.44. The van der Waals surface area contributed by atoms with Crippen molar-refractivity contribution in [2.24, 2.45) is 5.92 Å². The Hall–Kier alpha value is -2.89. The van der Waals surface area contributed by atoms with Crippen molar-refractivity contribution in [1.29, 1.82) is 0 Å². The van der Waals surface area contributed by atoms with Crippen LogP contribution in [-0.2, 0) is 4.79 Å². The van der Waals surface area contributed by atoms with E-state index in [1.54, 1.807) is 17.0 Å². The van der Waals surface area contributed by atoms with Crippen LogP contribution in [0.15, 0.2) is 47.8 Å². The molecule has 1 N–H and O–H groups in total. The van der Waals surface area contributed by atoms with Crippen LogP contribution in [-0.4, -0.2) is 27.4 Å². The first-order valence-corrected chi connectivity index (χ1v) is 7.89. The lowest BCUT2D eigenvalue weighted by Crippen LogP contribution is -2.31. The molecule has 0 aliphatic carbocycles. The van der Waals surface area contributed by atoms with Gasteiger partial charge in [-0.05, 0) is 18.1 Å². The number of aromatic nitrogens is 3. The largest absolute Gasteiger partial charge is 0.438 e. The number of carbonyl (C=O) groups excluding carboxylic acids is 1. The molecule has 0 aromatic carbocycles. The average Bonchev–Trinajstić information content (AvgIpc) is 3.20. The molecule has 24 heavy (non-hydrogen) atoms. The Morgan fingerprint density at radius 3 is 2.96 bits per heavy atom. The van der Waals surface area contributed by atoms with Gasteiger partial charge in [-0.2, -0.15) is 0 Å². The maximum Gasteiger partial charge on any atom is 0.229 e. The summed E-state index contributed by atoms with van der Waals surface area (Å²) in [5.74, 6) is 1.39. The smallest absolute Gasteiger partial charge is 0.229 e. The summed E-state index contributed by atoms with van der Waals surface area (Å²) in [7, 11) is 0. The third-order valence-electron chi connectivity index (χ3n) is 3.64. The standard InChI is InChI=1S/C18H20N4O2/c1-4-9-22(15(23)10-12(2)3)16-6-5-14(24-16)17-13-7-8-19-18(13)21-11-20-17/h4-8,11-12H,1,9-10H2,2-3H3,(H,19,20,21). The van der Waals surface area contributed by atoms with Gasteiger partial charge < -0.3 is 9.40 Å². The van der Waals surface area contributed by atoms with E-state index >= 15 is 0 Å². The first-order valence-electron chi connectivity index (χ1n) is 7.89. The minimum absolute atomic E-state index is 0.0141. The van der Waals surface area contributed by atoms with Crippen molar-refractivity contribution < 1.29 is 9.21 Å². The van der Waals surface area contributed by atoms with E-state index in [1.807, 2.05) is 32.2 Å². The van der Waals surface area contributed by atoms with Crippen LogP contribution in [0, 0.1) is 5.92 Å². The van der Waals surface area contributed by atoms with Gasteiger partial charge in [0.05, 0.1) is 0 Å². The molecule has 3 aromatic rings. The molecule has 3 rings (SSSR count). The van der Waals surface area contributed by atoms with Crippen LogP contribution in [0.2, 0.25) is 0 Å². The van der Waals surface area contributed by atoms with Gasteiger partial charge in [-0.15, -0.1) is 6.58 Å². The molecule has 6 nitrogen and oxygen atoms in total. The Labute approximate surface area is 140 Å². The molecule has 0 saturated heterocycles. The average molecular weight is 324 g/mol.